The van der Waals surface area contributed by atoms with E-state index in [4.69, 9.17) is 11.5 Å². The molecule has 5 nitrogen and oxygen atoms in total. The van der Waals surface area contributed by atoms with Crippen LogP contribution < -0.4 is 11.5 Å². The van der Waals surface area contributed by atoms with E-state index in [1.54, 1.807) is 4.90 Å². The first-order valence-corrected chi connectivity index (χ1v) is 7.18. The molecule has 0 aromatic heterocycles. The molecule has 0 aromatic carbocycles. The lowest BCUT2D eigenvalue weighted by Crippen LogP contribution is -2.46. The fraction of sp³-hybridized carbons (Fsp3) is 0.857. The highest BCUT2D eigenvalue weighted by Gasteiger charge is 2.35. The second-order valence-electron chi connectivity index (χ2n) is 6.02. The van der Waals surface area contributed by atoms with Crippen molar-refractivity contribution >= 4 is 24.2 Å². The van der Waals surface area contributed by atoms with Crippen molar-refractivity contribution in [2.24, 2.45) is 16.9 Å². The zero-order valence-corrected chi connectivity index (χ0v) is 13.4. The molecule has 1 fully saturated rings. The Hall–Kier alpha value is -0.810. The Morgan fingerprint density at radius 1 is 1.20 bits per heavy atom. The number of hydrogen-bond donors (Lipinski definition) is 2. The van der Waals surface area contributed by atoms with Crippen LogP contribution in [0.15, 0.2) is 0 Å². The number of hydrogen-bond acceptors (Lipinski definition) is 3. The Balaban J connectivity index is 0.00000361. The molecule has 1 saturated carbocycles. The van der Waals surface area contributed by atoms with Gasteiger partial charge in [-0.1, -0.05) is 19.3 Å². The van der Waals surface area contributed by atoms with Gasteiger partial charge in [0.1, 0.15) is 0 Å². The van der Waals surface area contributed by atoms with Crippen molar-refractivity contribution in [3.63, 3.8) is 0 Å². The average molecular weight is 306 g/mol. The molecule has 0 radical (unpaired) electrons. The summed E-state index contributed by atoms with van der Waals surface area (Å²) in [6.45, 7) is 4.34. The molecule has 0 aromatic rings. The Kier molecular flexibility index (Phi) is 8.13. The van der Waals surface area contributed by atoms with E-state index in [2.05, 4.69) is 0 Å². The molecular weight excluding hydrogens is 278 g/mol. The monoisotopic (exact) mass is 305 g/mol. The highest BCUT2D eigenvalue weighted by atomic mass is 35.5. The summed E-state index contributed by atoms with van der Waals surface area (Å²) < 4.78 is 0. The lowest BCUT2D eigenvalue weighted by molar-refractivity contribution is -0.139. The number of primary amides is 1. The van der Waals surface area contributed by atoms with Crippen LogP contribution in [0.25, 0.3) is 0 Å². The maximum Gasteiger partial charge on any atom is 0.237 e. The molecule has 2 amide bonds. The molecule has 1 rings (SSSR count). The van der Waals surface area contributed by atoms with Gasteiger partial charge in [-0.3, -0.25) is 9.59 Å². The van der Waals surface area contributed by atoms with E-state index in [0.29, 0.717) is 13.0 Å². The fourth-order valence-corrected chi connectivity index (χ4v) is 2.90. The second-order valence-corrected chi connectivity index (χ2v) is 6.02. The zero-order valence-electron chi connectivity index (χ0n) is 12.6. The standard InChI is InChI=1S/C14H27N3O2.ClH/c1-11(2)17(9-12(16)18)13(19)8-14(10-15)6-4-3-5-7-14;/h11H,3-10,15H2,1-2H3,(H2,16,18);1H. The first-order valence-electron chi connectivity index (χ1n) is 7.18. The number of carbonyl (C=O) groups is 2. The summed E-state index contributed by atoms with van der Waals surface area (Å²) in [6.07, 6.45) is 5.97. The van der Waals surface area contributed by atoms with Crippen molar-refractivity contribution in [2.45, 2.75) is 58.4 Å². The summed E-state index contributed by atoms with van der Waals surface area (Å²) in [7, 11) is 0. The number of carbonyl (C=O) groups excluding carboxylic acids is 2. The van der Waals surface area contributed by atoms with Crippen LogP contribution >= 0.6 is 12.4 Å². The van der Waals surface area contributed by atoms with E-state index >= 15 is 0 Å². The van der Waals surface area contributed by atoms with Crippen LogP contribution in [0.2, 0.25) is 0 Å². The number of rotatable bonds is 6. The third-order valence-corrected chi connectivity index (χ3v) is 4.14. The number of halogens is 1. The molecule has 0 heterocycles. The summed E-state index contributed by atoms with van der Waals surface area (Å²) >= 11 is 0. The summed E-state index contributed by atoms with van der Waals surface area (Å²) in [5.74, 6) is -0.464. The molecule has 0 atom stereocenters. The van der Waals surface area contributed by atoms with Crippen LogP contribution in [0.3, 0.4) is 0 Å². The summed E-state index contributed by atoms with van der Waals surface area (Å²) in [5.41, 5.74) is 11.0. The Morgan fingerprint density at radius 2 is 1.75 bits per heavy atom. The summed E-state index contributed by atoms with van der Waals surface area (Å²) in [6, 6.07) is -0.0154. The van der Waals surface area contributed by atoms with Gasteiger partial charge in [0.25, 0.3) is 0 Å². The quantitative estimate of drug-likeness (QED) is 0.778. The molecule has 4 N–H and O–H groups in total. The molecule has 0 aliphatic heterocycles. The van der Waals surface area contributed by atoms with E-state index in [1.165, 1.54) is 6.42 Å². The van der Waals surface area contributed by atoms with E-state index in [1.807, 2.05) is 13.8 Å². The van der Waals surface area contributed by atoms with Crippen molar-refractivity contribution in [3.8, 4) is 0 Å². The van der Waals surface area contributed by atoms with Gasteiger partial charge in [-0.15, -0.1) is 12.4 Å². The first kappa shape index (κ1) is 19.2. The van der Waals surface area contributed by atoms with Crippen molar-refractivity contribution in [1.29, 1.82) is 0 Å². The zero-order chi connectivity index (χ0) is 14.5. The summed E-state index contributed by atoms with van der Waals surface area (Å²) in [4.78, 5) is 25.0. The minimum absolute atomic E-state index is 0. The molecule has 118 valence electrons. The van der Waals surface area contributed by atoms with Gasteiger partial charge < -0.3 is 16.4 Å². The Labute approximate surface area is 127 Å². The third-order valence-electron chi connectivity index (χ3n) is 4.14. The van der Waals surface area contributed by atoms with Crippen LogP contribution in [0, 0.1) is 5.41 Å². The normalized spacial score (nSPS) is 17.4. The maximum absolute atomic E-state index is 12.4. The minimum atomic E-state index is -0.465. The van der Waals surface area contributed by atoms with Gasteiger partial charge in [-0.25, -0.2) is 0 Å². The third kappa shape index (κ3) is 5.29. The largest absolute Gasteiger partial charge is 0.368 e. The molecule has 0 unspecified atom stereocenters. The van der Waals surface area contributed by atoms with Gasteiger partial charge in [0.15, 0.2) is 0 Å². The molecular formula is C14H28ClN3O2. The second kappa shape index (κ2) is 8.47. The molecule has 6 heteroatoms. The van der Waals surface area contributed by atoms with Gasteiger partial charge in [0, 0.05) is 12.5 Å². The van der Waals surface area contributed by atoms with Crippen molar-refractivity contribution in [3.05, 3.63) is 0 Å². The lowest BCUT2D eigenvalue weighted by Gasteiger charge is -2.38. The van der Waals surface area contributed by atoms with Gasteiger partial charge in [0.05, 0.1) is 6.54 Å². The highest BCUT2D eigenvalue weighted by Crippen LogP contribution is 2.38. The smallest absolute Gasteiger partial charge is 0.237 e. The van der Waals surface area contributed by atoms with Crippen LogP contribution in [-0.4, -0.2) is 35.8 Å². The SMILES string of the molecule is CC(C)N(CC(N)=O)C(=O)CC1(CN)CCCCC1.Cl. The predicted octanol–water partition coefficient (Wildman–Crippen LogP) is 1.43. The molecule has 0 bridgehead atoms. The number of nitrogens with zero attached hydrogens (tertiary/aromatic N) is 1. The van der Waals surface area contributed by atoms with E-state index in [0.717, 1.165) is 25.7 Å². The van der Waals surface area contributed by atoms with Crippen LogP contribution in [0.5, 0.6) is 0 Å². The van der Waals surface area contributed by atoms with Gasteiger partial charge in [-0.2, -0.15) is 0 Å². The molecule has 0 spiro atoms. The molecule has 0 saturated heterocycles. The van der Waals surface area contributed by atoms with Gasteiger partial charge in [-0.05, 0) is 38.6 Å². The first-order chi connectivity index (χ1) is 8.90. The van der Waals surface area contributed by atoms with Gasteiger partial charge >= 0.3 is 0 Å². The van der Waals surface area contributed by atoms with Crippen molar-refractivity contribution < 1.29 is 9.59 Å². The summed E-state index contributed by atoms with van der Waals surface area (Å²) in [5, 5.41) is 0. The van der Waals surface area contributed by atoms with E-state index in [-0.39, 0.29) is 36.3 Å². The Bertz CT molecular complexity index is 328. The van der Waals surface area contributed by atoms with E-state index < -0.39 is 5.91 Å². The van der Waals surface area contributed by atoms with Gasteiger partial charge in [0.2, 0.25) is 11.8 Å². The fourth-order valence-electron chi connectivity index (χ4n) is 2.90. The van der Waals surface area contributed by atoms with Crippen molar-refractivity contribution in [1.82, 2.24) is 4.90 Å². The predicted molar refractivity (Wildman–Crippen MR) is 82.5 cm³/mol. The average Bonchev–Trinajstić information content (AvgIpc) is 2.36. The Morgan fingerprint density at radius 3 is 2.15 bits per heavy atom. The van der Waals surface area contributed by atoms with Crippen LogP contribution in [0.1, 0.15) is 52.4 Å². The number of amides is 2. The van der Waals surface area contributed by atoms with Crippen molar-refractivity contribution in [2.75, 3.05) is 13.1 Å². The maximum atomic E-state index is 12.4. The van der Waals surface area contributed by atoms with E-state index in [9.17, 15) is 9.59 Å². The highest BCUT2D eigenvalue weighted by molar-refractivity contribution is 5.85. The lowest BCUT2D eigenvalue weighted by atomic mass is 9.71. The van der Waals surface area contributed by atoms with Crippen LogP contribution in [-0.2, 0) is 9.59 Å². The molecule has 20 heavy (non-hydrogen) atoms. The minimum Gasteiger partial charge on any atom is -0.368 e. The topological polar surface area (TPSA) is 89.4 Å². The number of nitrogens with two attached hydrogens (primary N) is 2. The van der Waals surface area contributed by atoms with Crippen LogP contribution in [0.4, 0.5) is 0 Å². The molecule has 1 aliphatic carbocycles. The molecule has 1 aliphatic rings.